The van der Waals surface area contributed by atoms with Gasteiger partial charge in [0.25, 0.3) is 11.1 Å². The van der Waals surface area contributed by atoms with E-state index in [0.717, 1.165) is 16.2 Å². The summed E-state index contributed by atoms with van der Waals surface area (Å²) in [6, 6.07) is 0. The molecule has 3 aliphatic heterocycles. The molecule has 4 unspecified atom stereocenters. The van der Waals surface area contributed by atoms with Crippen molar-refractivity contribution in [3.05, 3.63) is 30.2 Å². The van der Waals surface area contributed by atoms with Gasteiger partial charge in [-0.25, -0.2) is 19.1 Å². The lowest BCUT2D eigenvalue weighted by molar-refractivity contribution is -0.0679. The molecule has 0 amide bonds. The zero-order chi connectivity index (χ0) is 35.2. The van der Waals surface area contributed by atoms with Crippen LogP contribution in [0.2, 0.25) is 0 Å². The number of aliphatic hydroxyl groups excluding tert-OH is 2. The average Bonchev–Trinajstić information content (AvgIpc) is 3.72. The third-order valence-electron chi connectivity index (χ3n) is 7.71. The molecule has 10 atom stereocenters. The minimum atomic E-state index is -5.12. The highest BCUT2D eigenvalue weighted by Crippen LogP contribution is 2.56. The molecule has 4 aromatic heterocycles. The number of nitrogens with two attached hydrogens (primary N) is 2. The van der Waals surface area contributed by atoms with Gasteiger partial charge in [0.2, 0.25) is 11.9 Å². The molecule has 0 aliphatic carbocycles. The van der Waals surface area contributed by atoms with Crippen molar-refractivity contribution in [1.82, 2.24) is 39.0 Å². The van der Waals surface area contributed by atoms with Crippen molar-refractivity contribution in [2.75, 3.05) is 31.8 Å². The second-order valence-corrected chi connectivity index (χ2v) is 15.2. The monoisotopic (exact) mass is 860 g/mol. The number of fused-ring (bicyclic) bond motifs is 4. The van der Waals surface area contributed by atoms with Gasteiger partial charge in [0.1, 0.15) is 36.6 Å². The maximum atomic E-state index is 13.8. The molecule has 7 rings (SSSR count). The lowest BCUT2D eigenvalue weighted by Crippen LogP contribution is -2.39. The Bertz CT molecular complexity index is 2180. The Morgan fingerprint density at radius 3 is 1.73 bits per heavy atom. The summed E-state index contributed by atoms with van der Waals surface area (Å²) in [6.45, 7) is -1.59. The molecule has 0 radical (unpaired) electrons. The summed E-state index contributed by atoms with van der Waals surface area (Å²) in [5.74, 6) is -0.559. The molecule has 28 heteroatoms. The molecule has 0 spiro atoms. The van der Waals surface area contributed by atoms with Crippen molar-refractivity contribution in [1.29, 1.82) is 0 Å². The number of hydrogen-bond acceptors (Lipinski definition) is 19. The molecular weight excluding hydrogens is 838 g/mol. The quantitative estimate of drug-likeness (QED) is 0.0972. The molecule has 3 saturated heterocycles. The van der Waals surface area contributed by atoms with Gasteiger partial charge >= 0.3 is 15.6 Å². The fraction of sp³-hybridized carbons (Fsp3) is 0.524. The Labute approximate surface area is 287 Å². The highest BCUT2D eigenvalue weighted by molar-refractivity contribution is 9.10. The Morgan fingerprint density at radius 1 is 0.816 bits per heavy atom. The van der Waals surface area contributed by atoms with Gasteiger partial charge in [0.15, 0.2) is 44.3 Å². The third-order valence-corrected chi connectivity index (χ3v) is 11.2. The Morgan fingerprint density at radius 2 is 1.27 bits per heavy atom. The van der Waals surface area contributed by atoms with Crippen molar-refractivity contribution in [3.63, 3.8) is 0 Å². The van der Waals surface area contributed by atoms with Crippen LogP contribution in [0.15, 0.2) is 19.1 Å². The summed E-state index contributed by atoms with van der Waals surface area (Å²) in [7, 11) is -8.78. The van der Waals surface area contributed by atoms with Crippen LogP contribution in [0.5, 0.6) is 0 Å². The highest BCUT2D eigenvalue weighted by Gasteiger charge is 2.54. The van der Waals surface area contributed by atoms with Gasteiger partial charge in [0.05, 0.1) is 13.2 Å². The minimum Gasteiger partial charge on any atom is -0.386 e. The topological polar surface area (TPSA) is 339 Å². The summed E-state index contributed by atoms with van der Waals surface area (Å²) in [5, 5.41) is 22.7. The van der Waals surface area contributed by atoms with Crippen molar-refractivity contribution in [3.8, 4) is 0 Å². The second kappa shape index (κ2) is 12.5. The number of imidazole rings is 2. The zero-order valence-corrected chi connectivity index (χ0v) is 29.3. The number of aliphatic hydroxyl groups is 2. The van der Waals surface area contributed by atoms with Crippen LogP contribution in [0.1, 0.15) is 12.5 Å². The number of hydrogen-bond donors (Lipinski definition) is 7. The molecule has 24 nitrogen and oxygen atoms in total. The van der Waals surface area contributed by atoms with E-state index >= 15 is 0 Å². The molecule has 0 saturated carbocycles. The van der Waals surface area contributed by atoms with E-state index in [1.807, 2.05) is 0 Å². The van der Waals surface area contributed by atoms with Crippen LogP contribution in [0, 0.1) is 0 Å². The van der Waals surface area contributed by atoms with Crippen LogP contribution in [0.25, 0.3) is 22.3 Å². The first-order valence-corrected chi connectivity index (χ1v) is 18.3. The Kier molecular flexibility index (Phi) is 8.88. The maximum absolute atomic E-state index is 13.8. The van der Waals surface area contributed by atoms with E-state index in [2.05, 4.69) is 61.8 Å². The first-order valence-electron chi connectivity index (χ1n) is 13.8. The Hall–Kier alpha value is -2.68. The zero-order valence-electron chi connectivity index (χ0n) is 24.4. The van der Waals surface area contributed by atoms with Gasteiger partial charge < -0.3 is 36.0 Å². The SMILES string of the molecule is COP1(=O)OC[C@H]2O[C@@H](n3c(Br)nc4c(=O)[nH]c(N)nc43)[C@@H](O)C2OP(=O)(O)OC[C@H]2O[C@@H](n3c(Br)nc4c(=O)[nH]c(N)nc43)C(O)[C@H]2O1. The fourth-order valence-corrected chi connectivity index (χ4v) is 8.78. The molecule has 0 bridgehead atoms. The van der Waals surface area contributed by atoms with Crippen molar-refractivity contribution in [2.45, 2.75) is 49.1 Å². The van der Waals surface area contributed by atoms with Crippen LogP contribution in [0.4, 0.5) is 11.9 Å². The molecule has 9 N–H and O–H groups in total. The maximum Gasteiger partial charge on any atom is 0.475 e. The Balaban J connectivity index is 1.21. The molecule has 3 aliphatic rings. The van der Waals surface area contributed by atoms with Gasteiger partial charge in [-0.2, -0.15) is 9.97 Å². The minimum absolute atomic E-state index is 0.0379. The number of ether oxygens (including phenoxy) is 2. The number of halogens is 2. The third kappa shape index (κ3) is 6.08. The number of phosphoric ester groups is 2. The number of nitrogen functional groups attached to an aromatic ring is 2. The number of anilines is 2. The number of H-pyrrole nitrogens is 2. The first kappa shape index (κ1) is 34.8. The number of nitrogens with zero attached hydrogens (tertiary/aromatic N) is 6. The fourth-order valence-electron chi connectivity index (χ4n) is 5.59. The lowest BCUT2D eigenvalue weighted by Gasteiger charge is -2.28. The number of aromatic amines is 2. The van der Waals surface area contributed by atoms with E-state index in [9.17, 15) is 33.8 Å². The molecule has 266 valence electrons. The number of rotatable bonds is 3. The van der Waals surface area contributed by atoms with E-state index < -0.39 is 89.1 Å². The van der Waals surface area contributed by atoms with Gasteiger partial charge in [-0.15, -0.1) is 0 Å². The summed E-state index contributed by atoms with van der Waals surface area (Å²) >= 11 is 6.36. The average molecular weight is 862 g/mol. The molecule has 7 heterocycles. The number of nitrogens with one attached hydrogen (secondary N) is 2. The summed E-state index contributed by atoms with van der Waals surface area (Å²) < 4.78 is 67.8. The summed E-state index contributed by atoms with van der Waals surface area (Å²) in [6.07, 6.45) is -12.8. The summed E-state index contributed by atoms with van der Waals surface area (Å²) in [4.78, 5) is 56.4. The second-order valence-electron chi connectivity index (χ2n) is 10.7. The van der Waals surface area contributed by atoms with Crippen LogP contribution < -0.4 is 22.6 Å². The lowest BCUT2D eigenvalue weighted by atomic mass is 10.1. The van der Waals surface area contributed by atoms with Crippen LogP contribution in [-0.2, 0) is 41.2 Å². The van der Waals surface area contributed by atoms with E-state index in [-0.39, 0.29) is 43.7 Å². The number of aromatic nitrogens is 8. The van der Waals surface area contributed by atoms with Gasteiger partial charge in [0, 0.05) is 7.11 Å². The normalized spacial score (nSPS) is 35.6. The van der Waals surface area contributed by atoms with E-state index in [1.54, 1.807) is 0 Å². The van der Waals surface area contributed by atoms with Gasteiger partial charge in [-0.05, 0) is 31.9 Å². The predicted molar refractivity (Wildman–Crippen MR) is 166 cm³/mol. The smallest absolute Gasteiger partial charge is 0.386 e. The predicted octanol–water partition coefficient (Wildman–Crippen LogP) is -0.869. The van der Waals surface area contributed by atoms with Crippen molar-refractivity contribution in [2.24, 2.45) is 0 Å². The van der Waals surface area contributed by atoms with E-state index in [0.29, 0.717) is 0 Å². The van der Waals surface area contributed by atoms with Crippen LogP contribution in [0.3, 0.4) is 0 Å². The standard InChI is InChI=1S/C21H24Br2N10O14P2/c1-41-49(40)43-3-5-10(8(34)16(45-5)32-12-6(26-18(32)22)14(36)30-20(24)28-12)46-48(38,39)42-2-4-11(47-49)9(35)17(44-4)33-13-7(27-19(33)23)15(37)31-21(25)29-13/h4-5,8-11,16-17,34-35H,2-3H2,1H3,(H,38,39)(H3,24,28,30,36)(H3,25,29,31,37)/t4-,5-,8+,9?,10?,11+,16-,17-,49?/m1/s1. The van der Waals surface area contributed by atoms with E-state index in [1.165, 1.54) is 0 Å². The molecular formula is C21H24Br2N10O14P2. The molecule has 0 aromatic carbocycles. The van der Waals surface area contributed by atoms with Crippen molar-refractivity contribution >= 4 is 81.7 Å². The van der Waals surface area contributed by atoms with Crippen molar-refractivity contribution < 1.29 is 56.3 Å². The highest BCUT2D eigenvalue weighted by atomic mass is 79.9. The van der Waals surface area contributed by atoms with Gasteiger partial charge in [-0.1, -0.05) is 0 Å². The molecule has 3 fully saturated rings. The molecule has 4 aromatic rings. The first-order chi connectivity index (χ1) is 23.1. The number of phosphoric acid groups is 2. The molecule has 49 heavy (non-hydrogen) atoms. The van der Waals surface area contributed by atoms with Gasteiger partial charge in [-0.3, -0.25) is 51.3 Å². The largest absolute Gasteiger partial charge is 0.475 e. The van der Waals surface area contributed by atoms with E-state index in [4.69, 9.17) is 43.6 Å². The summed E-state index contributed by atoms with van der Waals surface area (Å²) in [5.41, 5.74) is 9.39. The van der Waals surface area contributed by atoms with Crippen LogP contribution >= 0.6 is 47.5 Å². The van der Waals surface area contributed by atoms with Crippen LogP contribution in [-0.4, -0.2) is 111 Å².